The molecule has 0 aromatic carbocycles. The lowest BCUT2D eigenvalue weighted by molar-refractivity contribution is -0.121. The van der Waals surface area contributed by atoms with Gasteiger partial charge in [-0.05, 0) is 18.8 Å². The predicted octanol–water partition coefficient (Wildman–Crippen LogP) is 1.36. The number of aromatic nitrogens is 2. The average Bonchev–Trinajstić information content (AvgIpc) is 2.89. The molecule has 1 amide bonds. The summed E-state index contributed by atoms with van der Waals surface area (Å²) in [6.45, 7) is 1.26. The molecule has 0 radical (unpaired) electrons. The van der Waals surface area contributed by atoms with Crippen LogP contribution in [-0.2, 0) is 4.79 Å². The molecule has 0 aliphatic heterocycles. The molecule has 1 aliphatic carbocycles. The van der Waals surface area contributed by atoms with Crippen molar-refractivity contribution in [2.45, 2.75) is 19.3 Å². The van der Waals surface area contributed by atoms with Gasteiger partial charge in [0.05, 0.1) is 6.20 Å². The van der Waals surface area contributed by atoms with Crippen LogP contribution >= 0.6 is 0 Å². The van der Waals surface area contributed by atoms with Crippen LogP contribution in [0.2, 0.25) is 0 Å². The molecule has 0 saturated carbocycles. The fourth-order valence-electron chi connectivity index (χ4n) is 1.96. The quantitative estimate of drug-likeness (QED) is 0.587. The summed E-state index contributed by atoms with van der Waals surface area (Å²) in [5, 5.41) is 5.99. The first kappa shape index (κ1) is 12.5. The molecule has 0 unspecified atom stereocenters. The Morgan fingerprint density at radius 3 is 3.06 bits per heavy atom. The van der Waals surface area contributed by atoms with Crippen LogP contribution in [0.25, 0.3) is 0 Å². The topological polar surface area (TPSA) is 66.9 Å². The zero-order chi connectivity index (χ0) is 12.6. The number of rotatable bonds is 6. The summed E-state index contributed by atoms with van der Waals surface area (Å²) in [5.41, 5.74) is 0. The van der Waals surface area contributed by atoms with Gasteiger partial charge in [0.1, 0.15) is 5.82 Å². The number of carbonyl (C=O) groups excluding carboxylic acids is 1. The largest absolute Gasteiger partial charge is 0.367 e. The van der Waals surface area contributed by atoms with Crippen LogP contribution in [0.5, 0.6) is 0 Å². The molecule has 1 aromatic rings. The van der Waals surface area contributed by atoms with Crippen LogP contribution in [0, 0.1) is 5.92 Å². The SMILES string of the molecule is O=C(C[C@@H]1C=CCC1)NCCNc1cnccn1. The fraction of sp³-hybridized carbons (Fsp3) is 0.462. The monoisotopic (exact) mass is 246 g/mol. The van der Waals surface area contributed by atoms with Crippen molar-refractivity contribution in [2.24, 2.45) is 5.92 Å². The second kappa shape index (κ2) is 6.74. The highest BCUT2D eigenvalue weighted by Gasteiger charge is 2.13. The van der Waals surface area contributed by atoms with E-state index in [1.165, 1.54) is 0 Å². The highest BCUT2D eigenvalue weighted by Crippen LogP contribution is 2.19. The Bertz CT molecular complexity index is 405. The molecule has 5 nitrogen and oxygen atoms in total. The number of hydrogen-bond acceptors (Lipinski definition) is 4. The first-order valence-electron chi connectivity index (χ1n) is 6.28. The van der Waals surface area contributed by atoms with E-state index >= 15 is 0 Å². The zero-order valence-electron chi connectivity index (χ0n) is 10.3. The summed E-state index contributed by atoms with van der Waals surface area (Å²) >= 11 is 0. The molecular formula is C13H18N4O. The number of allylic oxidation sites excluding steroid dienone is 2. The van der Waals surface area contributed by atoms with Crippen molar-refractivity contribution in [2.75, 3.05) is 18.4 Å². The van der Waals surface area contributed by atoms with Gasteiger partial charge in [0.2, 0.25) is 5.91 Å². The maximum Gasteiger partial charge on any atom is 0.220 e. The maximum absolute atomic E-state index is 11.6. The fourth-order valence-corrected chi connectivity index (χ4v) is 1.96. The average molecular weight is 246 g/mol. The lowest BCUT2D eigenvalue weighted by Crippen LogP contribution is -2.29. The first-order chi connectivity index (χ1) is 8.84. The number of carbonyl (C=O) groups is 1. The first-order valence-corrected chi connectivity index (χ1v) is 6.28. The summed E-state index contributed by atoms with van der Waals surface area (Å²) in [7, 11) is 0. The Morgan fingerprint density at radius 2 is 2.33 bits per heavy atom. The number of nitrogens with zero attached hydrogens (tertiary/aromatic N) is 2. The smallest absolute Gasteiger partial charge is 0.220 e. The molecule has 2 rings (SSSR count). The van der Waals surface area contributed by atoms with E-state index in [1.54, 1.807) is 18.6 Å². The van der Waals surface area contributed by atoms with Gasteiger partial charge in [0.25, 0.3) is 0 Å². The molecule has 0 bridgehead atoms. The summed E-state index contributed by atoms with van der Waals surface area (Å²) in [5.74, 6) is 1.27. The van der Waals surface area contributed by atoms with E-state index in [0.717, 1.165) is 18.7 Å². The second-order valence-corrected chi connectivity index (χ2v) is 4.34. The molecule has 5 heteroatoms. The van der Waals surface area contributed by atoms with Crippen molar-refractivity contribution < 1.29 is 4.79 Å². The van der Waals surface area contributed by atoms with Gasteiger partial charge in [-0.2, -0.15) is 0 Å². The van der Waals surface area contributed by atoms with E-state index in [0.29, 0.717) is 25.4 Å². The Morgan fingerprint density at radius 1 is 1.39 bits per heavy atom. The van der Waals surface area contributed by atoms with E-state index in [2.05, 4.69) is 32.8 Å². The molecule has 1 atom stereocenters. The molecular weight excluding hydrogens is 228 g/mol. The third-order valence-electron chi connectivity index (χ3n) is 2.88. The normalized spacial score (nSPS) is 17.7. The van der Waals surface area contributed by atoms with Crippen molar-refractivity contribution in [3.63, 3.8) is 0 Å². The minimum absolute atomic E-state index is 0.118. The molecule has 0 fully saturated rings. The van der Waals surface area contributed by atoms with Gasteiger partial charge in [-0.15, -0.1) is 0 Å². The minimum Gasteiger partial charge on any atom is -0.367 e. The van der Waals surface area contributed by atoms with E-state index in [4.69, 9.17) is 0 Å². The van der Waals surface area contributed by atoms with Crippen molar-refractivity contribution in [3.05, 3.63) is 30.7 Å². The molecule has 1 aromatic heterocycles. The standard InChI is InChI=1S/C13H18N4O/c18-13(9-11-3-1-2-4-11)17-8-7-16-12-10-14-5-6-15-12/h1,3,5-6,10-11H,2,4,7-9H2,(H,15,16)(H,17,18)/t11-/m1/s1. The highest BCUT2D eigenvalue weighted by atomic mass is 16.1. The maximum atomic E-state index is 11.6. The summed E-state index contributed by atoms with van der Waals surface area (Å²) in [6.07, 6.45) is 12.0. The van der Waals surface area contributed by atoms with Gasteiger partial charge in [0.15, 0.2) is 0 Å². The lowest BCUT2D eigenvalue weighted by Gasteiger charge is -2.09. The van der Waals surface area contributed by atoms with E-state index in [1.807, 2.05) is 0 Å². The molecule has 1 heterocycles. The zero-order valence-corrected chi connectivity index (χ0v) is 10.3. The van der Waals surface area contributed by atoms with Crippen LogP contribution in [-0.4, -0.2) is 29.0 Å². The van der Waals surface area contributed by atoms with E-state index in [-0.39, 0.29) is 5.91 Å². The van der Waals surface area contributed by atoms with Crippen LogP contribution in [0.1, 0.15) is 19.3 Å². The molecule has 0 spiro atoms. The van der Waals surface area contributed by atoms with Crippen LogP contribution in [0.15, 0.2) is 30.7 Å². The van der Waals surface area contributed by atoms with Crippen molar-refractivity contribution in [1.29, 1.82) is 0 Å². The van der Waals surface area contributed by atoms with Crippen LogP contribution in [0.3, 0.4) is 0 Å². The van der Waals surface area contributed by atoms with Gasteiger partial charge in [0, 0.05) is 31.9 Å². The number of hydrogen-bond donors (Lipinski definition) is 2. The Balaban J connectivity index is 1.57. The van der Waals surface area contributed by atoms with Crippen molar-refractivity contribution in [3.8, 4) is 0 Å². The van der Waals surface area contributed by atoms with Crippen LogP contribution < -0.4 is 10.6 Å². The Kier molecular flexibility index (Phi) is 4.69. The Labute approximate surface area is 107 Å². The van der Waals surface area contributed by atoms with E-state index < -0.39 is 0 Å². The van der Waals surface area contributed by atoms with Gasteiger partial charge in [-0.3, -0.25) is 9.78 Å². The van der Waals surface area contributed by atoms with Gasteiger partial charge >= 0.3 is 0 Å². The summed E-state index contributed by atoms with van der Waals surface area (Å²) < 4.78 is 0. The van der Waals surface area contributed by atoms with Crippen LogP contribution in [0.4, 0.5) is 5.82 Å². The number of anilines is 1. The number of amides is 1. The molecule has 1 aliphatic rings. The van der Waals surface area contributed by atoms with Gasteiger partial charge in [-0.25, -0.2) is 4.98 Å². The third-order valence-corrected chi connectivity index (χ3v) is 2.88. The lowest BCUT2D eigenvalue weighted by atomic mass is 10.1. The molecule has 2 N–H and O–H groups in total. The minimum atomic E-state index is 0.118. The highest BCUT2D eigenvalue weighted by molar-refractivity contribution is 5.76. The second-order valence-electron chi connectivity index (χ2n) is 4.34. The van der Waals surface area contributed by atoms with Crippen molar-refractivity contribution in [1.82, 2.24) is 15.3 Å². The number of nitrogens with one attached hydrogen (secondary N) is 2. The summed E-state index contributed by atoms with van der Waals surface area (Å²) in [4.78, 5) is 19.6. The van der Waals surface area contributed by atoms with Crippen molar-refractivity contribution >= 4 is 11.7 Å². The predicted molar refractivity (Wildman–Crippen MR) is 70.0 cm³/mol. The molecule has 18 heavy (non-hydrogen) atoms. The molecule has 0 saturated heterocycles. The van der Waals surface area contributed by atoms with E-state index in [9.17, 15) is 4.79 Å². The summed E-state index contributed by atoms with van der Waals surface area (Å²) in [6, 6.07) is 0. The van der Waals surface area contributed by atoms with Gasteiger partial charge in [-0.1, -0.05) is 12.2 Å². The molecule has 96 valence electrons. The Hall–Kier alpha value is -1.91. The third kappa shape index (κ3) is 4.16. The van der Waals surface area contributed by atoms with Gasteiger partial charge < -0.3 is 10.6 Å².